The first-order valence-electron chi connectivity index (χ1n) is 26.1. The molecule has 0 heterocycles. The summed E-state index contributed by atoms with van der Waals surface area (Å²) in [7, 11) is -4.43. The summed E-state index contributed by atoms with van der Waals surface area (Å²) >= 11 is 0. The molecule has 368 valence electrons. The molecule has 0 saturated heterocycles. The third kappa shape index (κ3) is 50.8. The Hall–Kier alpha value is -2.03. The second kappa shape index (κ2) is 49.4. The number of carbonyl (C=O) groups is 2. The van der Waals surface area contributed by atoms with Gasteiger partial charge in [0.05, 0.1) is 13.2 Å². The number of hydrogen-bond donors (Lipinski definition) is 3. The van der Waals surface area contributed by atoms with Crippen LogP contribution in [0.5, 0.6) is 0 Å². The van der Waals surface area contributed by atoms with E-state index >= 15 is 0 Å². The molecule has 0 rings (SSSR count). The third-order valence-electron chi connectivity index (χ3n) is 11.3. The van der Waals surface area contributed by atoms with Gasteiger partial charge in [0.1, 0.15) is 12.7 Å². The van der Waals surface area contributed by atoms with E-state index < -0.39 is 26.5 Å². The Morgan fingerprint density at radius 1 is 0.492 bits per heavy atom. The van der Waals surface area contributed by atoms with Gasteiger partial charge in [0, 0.05) is 19.4 Å². The maximum atomic E-state index is 12.2. The van der Waals surface area contributed by atoms with E-state index in [1.165, 1.54) is 154 Å². The minimum atomic E-state index is -4.43. The van der Waals surface area contributed by atoms with E-state index in [4.69, 9.17) is 13.8 Å². The summed E-state index contributed by atoms with van der Waals surface area (Å²) in [6.45, 7) is 3.53. The average Bonchev–Trinajstić information content (AvgIpc) is 3.27. The van der Waals surface area contributed by atoms with Crippen molar-refractivity contribution in [2.24, 2.45) is 0 Å². The van der Waals surface area contributed by atoms with E-state index in [0.29, 0.717) is 12.8 Å². The Kier molecular flexibility index (Phi) is 47.8. The van der Waals surface area contributed by atoms with Crippen molar-refractivity contribution in [3.8, 4) is 0 Å². The fourth-order valence-corrected chi connectivity index (χ4v) is 8.06. The van der Waals surface area contributed by atoms with Gasteiger partial charge >= 0.3 is 13.8 Å². The van der Waals surface area contributed by atoms with E-state index in [2.05, 4.69) is 67.8 Å². The molecule has 0 radical (unpaired) electrons. The quantitative estimate of drug-likeness (QED) is 0.0238. The summed E-state index contributed by atoms with van der Waals surface area (Å²) in [5.74, 6) is -0.540. The van der Waals surface area contributed by atoms with E-state index in [9.17, 15) is 24.2 Å². The number of aliphatic hydroxyl groups excluding tert-OH is 1. The number of phosphoric ester groups is 1. The molecule has 0 aliphatic carbocycles. The van der Waals surface area contributed by atoms with Crippen LogP contribution in [0.3, 0.4) is 0 Å². The maximum Gasteiger partial charge on any atom is 0.472 e. The molecule has 1 amide bonds. The number of rotatable bonds is 49. The molecule has 63 heavy (non-hydrogen) atoms. The number of unbranched alkanes of at least 4 members (excludes halogenated alkanes) is 28. The second-order valence-electron chi connectivity index (χ2n) is 17.5. The van der Waals surface area contributed by atoms with Crippen LogP contribution >= 0.6 is 7.82 Å². The van der Waals surface area contributed by atoms with Crippen LogP contribution in [-0.4, -0.2) is 54.3 Å². The standard InChI is InChI=1S/C53H98NO8P/c1-3-5-7-9-11-13-15-17-19-21-23-24-25-26-28-29-31-33-35-37-39-41-43-45-52(56)54-47-48-61-63(58,59)62-50-51(55)49-60-53(57)46-44-42-40-38-36-34-32-30-27-22-20-18-16-14-12-10-8-6-4-2/h12,14,18,20,27,30,34,36,51,55H,3-11,13,15-17,19,21-26,28-29,31-33,35,37-50H2,1-2H3,(H,54,56)(H,58,59)/b14-12-,20-18-,30-27-,36-34-. The summed E-state index contributed by atoms with van der Waals surface area (Å²) in [6.07, 6.45) is 59.1. The number of phosphoric acid groups is 1. The van der Waals surface area contributed by atoms with Gasteiger partial charge in [-0.15, -0.1) is 0 Å². The van der Waals surface area contributed by atoms with Crippen LogP contribution in [0.1, 0.15) is 245 Å². The van der Waals surface area contributed by atoms with E-state index in [1.54, 1.807) is 0 Å². The zero-order valence-electron chi connectivity index (χ0n) is 40.8. The van der Waals surface area contributed by atoms with Gasteiger partial charge in [-0.25, -0.2) is 4.57 Å². The normalized spacial score (nSPS) is 13.5. The van der Waals surface area contributed by atoms with E-state index in [1.807, 2.05) is 0 Å². The fourth-order valence-electron chi connectivity index (χ4n) is 7.31. The highest BCUT2D eigenvalue weighted by Gasteiger charge is 2.23. The maximum absolute atomic E-state index is 12.2. The van der Waals surface area contributed by atoms with Crippen LogP contribution in [0, 0.1) is 0 Å². The van der Waals surface area contributed by atoms with Crippen molar-refractivity contribution in [2.45, 2.75) is 251 Å². The Balaban J connectivity index is 3.57. The zero-order chi connectivity index (χ0) is 46.0. The third-order valence-corrected chi connectivity index (χ3v) is 12.2. The largest absolute Gasteiger partial charge is 0.472 e. The predicted molar refractivity (Wildman–Crippen MR) is 266 cm³/mol. The van der Waals surface area contributed by atoms with Crippen LogP contribution in [0.2, 0.25) is 0 Å². The molecule has 0 spiro atoms. The molecule has 2 unspecified atom stereocenters. The highest BCUT2D eigenvalue weighted by Crippen LogP contribution is 2.42. The molecule has 3 N–H and O–H groups in total. The first-order chi connectivity index (χ1) is 30.8. The molecule has 10 heteroatoms. The summed E-state index contributed by atoms with van der Waals surface area (Å²) < 4.78 is 27.0. The topological polar surface area (TPSA) is 131 Å². The highest BCUT2D eigenvalue weighted by molar-refractivity contribution is 7.47. The van der Waals surface area contributed by atoms with E-state index in [0.717, 1.165) is 57.8 Å². The van der Waals surface area contributed by atoms with Gasteiger partial charge in [-0.1, -0.05) is 223 Å². The molecule has 0 aromatic heterocycles. The van der Waals surface area contributed by atoms with Crippen molar-refractivity contribution >= 4 is 19.7 Å². The smallest absolute Gasteiger partial charge is 0.463 e. The van der Waals surface area contributed by atoms with Crippen LogP contribution < -0.4 is 5.32 Å². The SMILES string of the molecule is CCCCC/C=C\C/C=C\C/C=C\C/C=C\CCCCCC(=O)OCC(O)COP(=O)(O)OCCNC(=O)CCCCCCCCCCCCCCCCCCCCCCCCC. The second-order valence-corrected chi connectivity index (χ2v) is 19.0. The van der Waals surface area contributed by atoms with Crippen molar-refractivity contribution < 1.29 is 37.9 Å². The van der Waals surface area contributed by atoms with Gasteiger partial charge in [-0.3, -0.25) is 18.6 Å². The van der Waals surface area contributed by atoms with E-state index in [-0.39, 0.29) is 32.1 Å². The first-order valence-corrected chi connectivity index (χ1v) is 27.6. The summed E-state index contributed by atoms with van der Waals surface area (Å²) in [4.78, 5) is 34.1. The Morgan fingerprint density at radius 2 is 0.857 bits per heavy atom. The van der Waals surface area contributed by atoms with Crippen molar-refractivity contribution in [3.63, 3.8) is 0 Å². The van der Waals surface area contributed by atoms with Gasteiger partial charge < -0.3 is 20.1 Å². The number of aliphatic hydroxyl groups is 1. The van der Waals surface area contributed by atoms with Gasteiger partial charge in [0.15, 0.2) is 0 Å². The lowest BCUT2D eigenvalue weighted by Gasteiger charge is -2.15. The van der Waals surface area contributed by atoms with Crippen LogP contribution in [-0.2, 0) is 27.9 Å². The number of allylic oxidation sites excluding steroid dienone is 8. The number of nitrogens with one attached hydrogen (secondary N) is 1. The van der Waals surface area contributed by atoms with Crippen molar-refractivity contribution in [2.75, 3.05) is 26.4 Å². The van der Waals surface area contributed by atoms with Crippen molar-refractivity contribution in [3.05, 3.63) is 48.6 Å². The molecular formula is C53H98NO8P. The van der Waals surface area contributed by atoms with Crippen LogP contribution in [0.15, 0.2) is 48.6 Å². The number of carbonyl (C=O) groups excluding carboxylic acids is 2. The Bertz CT molecular complexity index is 1170. The lowest BCUT2D eigenvalue weighted by molar-refractivity contribution is -0.147. The Labute approximate surface area is 387 Å². The molecule has 0 aliphatic heterocycles. The molecule has 9 nitrogen and oxygen atoms in total. The molecule has 0 bridgehead atoms. The molecule has 0 fully saturated rings. The summed E-state index contributed by atoms with van der Waals surface area (Å²) in [6, 6.07) is 0. The lowest BCUT2D eigenvalue weighted by atomic mass is 10.0. The van der Waals surface area contributed by atoms with Gasteiger partial charge in [-0.2, -0.15) is 0 Å². The highest BCUT2D eigenvalue weighted by atomic mass is 31.2. The van der Waals surface area contributed by atoms with Crippen LogP contribution in [0.25, 0.3) is 0 Å². The molecule has 0 aromatic rings. The van der Waals surface area contributed by atoms with Crippen LogP contribution in [0.4, 0.5) is 0 Å². The fraction of sp³-hybridized carbons (Fsp3) is 0.811. The Morgan fingerprint density at radius 3 is 1.32 bits per heavy atom. The van der Waals surface area contributed by atoms with Crippen molar-refractivity contribution in [1.82, 2.24) is 5.32 Å². The number of hydrogen-bond acceptors (Lipinski definition) is 7. The van der Waals surface area contributed by atoms with Gasteiger partial charge in [0.25, 0.3) is 0 Å². The first kappa shape index (κ1) is 61.0. The number of esters is 1. The minimum Gasteiger partial charge on any atom is -0.463 e. The average molecular weight is 908 g/mol. The molecule has 0 aliphatic rings. The molecule has 0 aromatic carbocycles. The summed E-state index contributed by atoms with van der Waals surface area (Å²) in [5.41, 5.74) is 0. The monoisotopic (exact) mass is 908 g/mol. The van der Waals surface area contributed by atoms with Gasteiger partial charge in [-0.05, 0) is 57.8 Å². The minimum absolute atomic E-state index is 0.0792. The zero-order valence-corrected chi connectivity index (χ0v) is 41.7. The lowest BCUT2D eigenvalue weighted by Crippen LogP contribution is -2.27. The molecule has 2 atom stereocenters. The predicted octanol–water partition coefficient (Wildman–Crippen LogP) is 15.4. The van der Waals surface area contributed by atoms with Gasteiger partial charge in [0.2, 0.25) is 5.91 Å². The number of amides is 1. The molecular weight excluding hydrogens is 810 g/mol. The van der Waals surface area contributed by atoms with Crippen molar-refractivity contribution in [1.29, 1.82) is 0 Å². The molecule has 0 saturated carbocycles. The number of ether oxygens (including phenoxy) is 1. The summed E-state index contributed by atoms with van der Waals surface area (Å²) in [5, 5.41) is 12.7.